The molecule has 0 aromatic heterocycles. The van der Waals surface area contributed by atoms with Crippen molar-refractivity contribution in [1.82, 2.24) is 0 Å². The molecule has 0 saturated carbocycles. The zero-order chi connectivity index (χ0) is 13.1. The summed E-state index contributed by atoms with van der Waals surface area (Å²) in [6, 6.07) is 8.65. The fourth-order valence-corrected chi connectivity index (χ4v) is 2.56. The van der Waals surface area contributed by atoms with E-state index in [-0.39, 0.29) is 0 Å². The maximum Gasteiger partial charge on any atom is 0.288 e. The van der Waals surface area contributed by atoms with Gasteiger partial charge in [0.15, 0.2) is 12.9 Å². The highest BCUT2D eigenvalue weighted by molar-refractivity contribution is 6.80. The molecule has 0 atom stereocenters. The van der Waals surface area contributed by atoms with Crippen LogP contribution in [0.1, 0.15) is 5.56 Å². The predicted molar refractivity (Wildman–Crippen MR) is 83.5 cm³/mol. The molecule has 0 spiro atoms. The van der Waals surface area contributed by atoms with Crippen molar-refractivity contribution in [3.05, 3.63) is 53.5 Å². The molecule has 3 heteroatoms. The fraction of sp³-hybridized carbons (Fsp3) is 0.267. The molecule has 2 rings (SSSR count). The minimum absolute atomic E-state index is 0.426. The lowest BCUT2D eigenvalue weighted by atomic mass is 9.40. The first-order valence-electron chi connectivity index (χ1n) is 6.61. The van der Waals surface area contributed by atoms with Gasteiger partial charge in [-0.05, 0) is 13.0 Å². The van der Waals surface area contributed by atoms with Gasteiger partial charge in [-0.3, -0.25) is 0 Å². The topological polar surface area (TPSA) is 3.01 Å². The lowest BCUT2D eigenvalue weighted by Gasteiger charge is -2.12. The van der Waals surface area contributed by atoms with Gasteiger partial charge in [0, 0.05) is 0 Å². The summed E-state index contributed by atoms with van der Waals surface area (Å²) in [6.07, 6.45) is 4.28. The third-order valence-electron chi connectivity index (χ3n) is 3.66. The Morgan fingerprint density at radius 3 is 2.67 bits per heavy atom. The van der Waals surface area contributed by atoms with Crippen LogP contribution >= 0.6 is 0 Å². The van der Waals surface area contributed by atoms with Crippen LogP contribution in [0, 0.1) is 6.92 Å². The van der Waals surface area contributed by atoms with Crippen molar-refractivity contribution in [2.24, 2.45) is 0 Å². The Hall–Kier alpha value is -1.50. The number of hydrogen-bond donors (Lipinski definition) is 0. The van der Waals surface area contributed by atoms with Gasteiger partial charge >= 0.3 is 0 Å². The van der Waals surface area contributed by atoms with E-state index in [2.05, 4.69) is 80.7 Å². The van der Waals surface area contributed by atoms with Gasteiger partial charge in [-0.2, -0.15) is 0 Å². The third kappa shape index (κ3) is 2.66. The van der Waals surface area contributed by atoms with Crippen LogP contribution < -0.4 is 5.46 Å². The van der Waals surface area contributed by atoms with Crippen LogP contribution in [0.2, 0.25) is 13.6 Å². The van der Waals surface area contributed by atoms with Crippen molar-refractivity contribution >= 4 is 25.1 Å². The third-order valence-corrected chi connectivity index (χ3v) is 3.66. The van der Waals surface area contributed by atoms with E-state index in [0.717, 1.165) is 0 Å². The van der Waals surface area contributed by atoms with E-state index in [1.54, 1.807) is 0 Å². The number of aryl methyl sites for hydroxylation is 1. The number of hydrogen-bond acceptors (Lipinski definition) is 0. The largest absolute Gasteiger partial charge is 0.288 e. The van der Waals surface area contributed by atoms with E-state index in [1.807, 2.05) is 0 Å². The summed E-state index contributed by atoms with van der Waals surface area (Å²) in [5.41, 5.74) is 4.16. The molecule has 1 aliphatic heterocycles. The average Bonchev–Trinajstić information content (AvgIpc) is 2.51. The van der Waals surface area contributed by atoms with Gasteiger partial charge in [0.05, 0.1) is 0 Å². The molecule has 1 aliphatic rings. The van der Waals surface area contributed by atoms with Crippen molar-refractivity contribution in [3.8, 4) is 0 Å². The van der Waals surface area contributed by atoms with E-state index in [9.17, 15) is 0 Å². The monoisotopic (exact) mass is 236 g/mol. The first-order valence-corrected chi connectivity index (χ1v) is 6.61. The summed E-state index contributed by atoms with van der Waals surface area (Å²) in [4.78, 5) is 0. The SMILES string of the molecule is CB1C=CC=[N+](C)C(B(C)c2ccccc2C)=C1. The van der Waals surface area contributed by atoms with Crippen LogP contribution in [-0.4, -0.2) is 31.3 Å². The Labute approximate surface area is 111 Å². The van der Waals surface area contributed by atoms with Gasteiger partial charge in [-0.15, -0.1) is 5.98 Å². The zero-order valence-corrected chi connectivity index (χ0v) is 11.7. The maximum atomic E-state index is 2.36. The molecule has 0 aliphatic carbocycles. The molecule has 0 bridgehead atoms. The van der Waals surface area contributed by atoms with Crippen molar-refractivity contribution < 1.29 is 4.58 Å². The summed E-state index contributed by atoms with van der Waals surface area (Å²) >= 11 is 0. The van der Waals surface area contributed by atoms with Gasteiger partial charge in [0.1, 0.15) is 12.6 Å². The molecule has 0 radical (unpaired) electrons. The van der Waals surface area contributed by atoms with Crippen LogP contribution in [0.25, 0.3) is 0 Å². The molecule has 0 fully saturated rings. The average molecular weight is 236 g/mol. The van der Waals surface area contributed by atoms with E-state index >= 15 is 0 Å². The van der Waals surface area contributed by atoms with E-state index in [0.29, 0.717) is 13.4 Å². The molecule has 18 heavy (non-hydrogen) atoms. The second-order valence-electron chi connectivity index (χ2n) is 5.17. The fourth-order valence-electron chi connectivity index (χ4n) is 2.56. The maximum absolute atomic E-state index is 2.36. The summed E-state index contributed by atoms with van der Waals surface area (Å²) < 4.78 is 2.23. The Balaban J connectivity index is 2.39. The molecule has 1 nitrogen and oxygen atoms in total. The standard InChI is InChI=1S/C15H20B2N/c1-13-8-5-6-9-14(13)17(3)15-12-16(2)10-7-11-18(15)4/h5-12H,1-4H3/q+1. The van der Waals surface area contributed by atoms with E-state index in [1.165, 1.54) is 16.6 Å². The minimum atomic E-state index is 0.426. The lowest BCUT2D eigenvalue weighted by Crippen LogP contribution is -2.36. The van der Waals surface area contributed by atoms with Gasteiger partial charge in [0.25, 0.3) is 6.71 Å². The summed E-state index contributed by atoms with van der Waals surface area (Å²) in [5.74, 6) is 4.59. The normalized spacial score (nSPS) is 15.0. The highest BCUT2D eigenvalue weighted by Gasteiger charge is 2.26. The molecule has 90 valence electrons. The quantitative estimate of drug-likeness (QED) is 0.547. The smallest absolute Gasteiger partial charge is 0.215 e. The molecular weight excluding hydrogens is 216 g/mol. The number of rotatable bonds is 2. The highest BCUT2D eigenvalue weighted by atomic mass is 15.0. The van der Waals surface area contributed by atoms with Gasteiger partial charge < -0.3 is 0 Å². The number of nitrogens with zero attached hydrogens (tertiary/aromatic N) is 1. The van der Waals surface area contributed by atoms with Crippen molar-refractivity contribution in [2.45, 2.75) is 20.6 Å². The van der Waals surface area contributed by atoms with Crippen LogP contribution in [0.15, 0.2) is 47.9 Å². The van der Waals surface area contributed by atoms with Crippen molar-refractivity contribution in [2.75, 3.05) is 7.05 Å². The minimum Gasteiger partial charge on any atom is -0.215 e. The number of allylic oxidation sites excluding steroid dienone is 1. The molecule has 0 N–H and O–H groups in total. The second kappa shape index (κ2) is 5.43. The van der Waals surface area contributed by atoms with Crippen LogP contribution in [0.5, 0.6) is 0 Å². The Morgan fingerprint density at radius 1 is 1.22 bits per heavy atom. The van der Waals surface area contributed by atoms with Crippen LogP contribution in [0.4, 0.5) is 0 Å². The Bertz CT molecular complexity index is 529. The molecule has 0 unspecified atom stereocenters. The molecule has 0 saturated heterocycles. The Morgan fingerprint density at radius 2 is 1.94 bits per heavy atom. The molecule has 0 amide bonds. The Kier molecular flexibility index (Phi) is 3.90. The first kappa shape index (κ1) is 12.9. The van der Waals surface area contributed by atoms with E-state index in [4.69, 9.17) is 0 Å². The summed E-state index contributed by atoms with van der Waals surface area (Å²) in [7, 11) is 2.13. The summed E-state index contributed by atoms with van der Waals surface area (Å²) in [5, 5.41) is 0. The molecule has 1 aromatic carbocycles. The van der Waals surface area contributed by atoms with Crippen molar-refractivity contribution in [1.29, 1.82) is 0 Å². The van der Waals surface area contributed by atoms with Gasteiger partial charge in [-0.25, -0.2) is 4.58 Å². The molecular formula is C15H20B2N+. The van der Waals surface area contributed by atoms with Gasteiger partial charge in [0.2, 0.25) is 0 Å². The summed E-state index contributed by atoms with van der Waals surface area (Å²) in [6.45, 7) is 7.63. The van der Waals surface area contributed by atoms with Crippen LogP contribution in [0.3, 0.4) is 0 Å². The second-order valence-corrected chi connectivity index (χ2v) is 5.17. The zero-order valence-electron chi connectivity index (χ0n) is 11.7. The first-order chi connectivity index (χ1) is 8.59. The molecule has 1 aromatic rings. The van der Waals surface area contributed by atoms with Crippen LogP contribution in [-0.2, 0) is 0 Å². The number of benzene rings is 1. The molecule has 1 heterocycles. The van der Waals surface area contributed by atoms with E-state index < -0.39 is 0 Å². The highest BCUT2D eigenvalue weighted by Crippen LogP contribution is 2.09. The lowest BCUT2D eigenvalue weighted by molar-refractivity contribution is -0.426. The predicted octanol–water partition coefficient (Wildman–Crippen LogP) is 2.24. The van der Waals surface area contributed by atoms with Crippen molar-refractivity contribution in [3.63, 3.8) is 0 Å². The van der Waals surface area contributed by atoms with Gasteiger partial charge in [-0.1, -0.05) is 54.9 Å².